The van der Waals surface area contributed by atoms with Crippen LogP contribution in [0.2, 0.25) is 0 Å². The molecule has 1 aliphatic rings. The molecule has 0 fully saturated rings. The number of carbonyl (C=O) groups excluding carboxylic acids is 1. The van der Waals surface area contributed by atoms with Gasteiger partial charge in [-0.05, 0) is 48.0 Å². The number of aromatic nitrogens is 2. The Morgan fingerprint density at radius 1 is 1.10 bits per heavy atom. The zero-order valence-electron chi connectivity index (χ0n) is 16.8. The minimum Gasteiger partial charge on any atom is -0.486 e. The highest BCUT2D eigenvalue weighted by molar-refractivity contribution is 7.17. The molecule has 2 aromatic heterocycles. The van der Waals surface area contributed by atoms with Gasteiger partial charge in [0, 0.05) is 11.9 Å². The minimum atomic E-state index is -0.210. The third-order valence-corrected chi connectivity index (χ3v) is 6.16. The number of hydrogen-bond acceptors (Lipinski definition) is 6. The van der Waals surface area contributed by atoms with Crippen LogP contribution >= 0.6 is 11.3 Å². The van der Waals surface area contributed by atoms with E-state index in [-0.39, 0.29) is 18.0 Å². The molecule has 0 saturated carbocycles. The van der Waals surface area contributed by atoms with E-state index in [1.165, 1.54) is 11.3 Å². The summed E-state index contributed by atoms with van der Waals surface area (Å²) in [4.78, 5) is 35.6. The van der Waals surface area contributed by atoms with Gasteiger partial charge in [-0.15, -0.1) is 11.3 Å². The highest BCUT2D eigenvalue weighted by Crippen LogP contribution is 2.37. The molecule has 0 radical (unpaired) electrons. The van der Waals surface area contributed by atoms with Crippen molar-refractivity contribution in [3.05, 3.63) is 75.7 Å². The summed E-state index contributed by atoms with van der Waals surface area (Å²) in [7, 11) is 1.70. The molecule has 0 unspecified atom stereocenters. The van der Waals surface area contributed by atoms with Gasteiger partial charge in [0.25, 0.3) is 11.5 Å². The Labute approximate surface area is 181 Å². The van der Waals surface area contributed by atoms with Crippen LogP contribution in [0.1, 0.15) is 15.5 Å². The molecule has 1 aliphatic heterocycles. The molecule has 156 valence electrons. The molecule has 7 nitrogen and oxygen atoms in total. The normalized spacial score (nSPS) is 12.7. The number of thiophene rings is 1. The van der Waals surface area contributed by atoms with Crippen LogP contribution in [0.25, 0.3) is 21.3 Å². The van der Waals surface area contributed by atoms with E-state index < -0.39 is 0 Å². The first-order chi connectivity index (χ1) is 15.1. The fraction of sp³-hybridized carbons (Fsp3) is 0.174. The molecule has 0 aliphatic carbocycles. The zero-order valence-corrected chi connectivity index (χ0v) is 17.6. The largest absolute Gasteiger partial charge is 0.486 e. The van der Waals surface area contributed by atoms with Gasteiger partial charge in [0.15, 0.2) is 11.5 Å². The number of carbonyl (C=O) groups is 1. The lowest BCUT2D eigenvalue weighted by atomic mass is 10.1. The van der Waals surface area contributed by atoms with Gasteiger partial charge in [-0.3, -0.25) is 9.59 Å². The van der Waals surface area contributed by atoms with Gasteiger partial charge in [-0.2, -0.15) is 0 Å². The van der Waals surface area contributed by atoms with Crippen molar-refractivity contribution in [1.82, 2.24) is 14.9 Å². The van der Waals surface area contributed by atoms with Crippen molar-refractivity contribution in [2.24, 2.45) is 0 Å². The number of hydrogen-bond donors (Lipinski definition) is 1. The summed E-state index contributed by atoms with van der Waals surface area (Å²) in [5.41, 5.74) is 1.37. The van der Waals surface area contributed by atoms with Gasteiger partial charge in [0.1, 0.15) is 19.0 Å². The number of rotatable bonds is 4. The topological polar surface area (TPSA) is 84.5 Å². The number of benzene rings is 2. The van der Waals surface area contributed by atoms with E-state index in [0.29, 0.717) is 40.6 Å². The van der Waals surface area contributed by atoms with E-state index in [4.69, 9.17) is 9.47 Å². The molecule has 0 spiro atoms. The average molecular weight is 433 g/mol. The molecule has 8 heteroatoms. The zero-order chi connectivity index (χ0) is 21.4. The lowest BCUT2D eigenvalue weighted by Crippen LogP contribution is -2.27. The fourth-order valence-electron chi connectivity index (χ4n) is 3.50. The molecule has 31 heavy (non-hydrogen) atoms. The highest BCUT2D eigenvalue weighted by atomic mass is 32.1. The van der Waals surface area contributed by atoms with Crippen molar-refractivity contribution in [1.29, 1.82) is 0 Å². The third-order valence-electron chi connectivity index (χ3n) is 5.04. The molecule has 0 atom stereocenters. The van der Waals surface area contributed by atoms with Crippen LogP contribution in [0.3, 0.4) is 0 Å². The predicted molar refractivity (Wildman–Crippen MR) is 119 cm³/mol. The van der Waals surface area contributed by atoms with Crippen molar-refractivity contribution in [3.8, 4) is 21.9 Å². The second-order valence-corrected chi connectivity index (χ2v) is 8.30. The lowest BCUT2D eigenvalue weighted by molar-refractivity contribution is 0.0786. The monoisotopic (exact) mass is 433 g/mol. The Morgan fingerprint density at radius 2 is 1.90 bits per heavy atom. The summed E-state index contributed by atoms with van der Waals surface area (Å²) >= 11 is 1.41. The molecule has 2 aromatic carbocycles. The van der Waals surface area contributed by atoms with Gasteiger partial charge in [-0.1, -0.05) is 12.1 Å². The van der Waals surface area contributed by atoms with E-state index in [1.54, 1.807) is 30.1 Å². The summed E-state index contributed by atoms with van der Waals surface area (Å²) in [5, 5.41) is 0.530. The average Bonchev–Trinajstić information content (AvgIpc) is 3.28. The SMILES string of the molecule is CN(Cc1nc2ccccc2c(=O)[nH]1)C(=O)c1ccc(-c2ccc3c(c2)OCCO3)s1. The summed E-state index contributed by atoms with van der Waals surface area (Å²) in [6, 6.07) is 16.7. The molecule has 1 amide bonds. The molecule has 0 bridgehead atoms. The molecular formula is C23H19N3O4S. The van der Waals surface area contributed by atoms with Crippen LogP contribution in [-0.2, 0) is 6.54 Å². The number of H-pyrrole nitrogens is 1. The van der Waals surface area contributed by atoms with Crippen LogP contribution < -0.4 is 15.0 Å². The van der Waals surface area contributed by atoms with Crippen molar-refractivity contribution in [2.45, 2.75) is 6.54 Å². The Balaban J connectivity index is 1.35. The standard InChI is InChI=1S/C23H19N3O4S/c1-26(13-21-24-16-5-3-2-4-15(16)22(27)25-21)23(28)20-9-8-19(31-20)14-6-7-17-18(12-14)30-11-10-29-17/h2-9,12H,10-11,13H2,1H3,(H,24,25,27). The van der Waals surface area contributed by atoms with Crippen LogP contribution in [-0.4, -0.2) is 41.0 Å². The second kappa shape index (κ2) is 7.88. The van der Waals surface area contributed by atoms with E-state index in [2.05, 4.69) is 9.97 Å². The maximum atomic E-state index is 12.9. The molecule has 0 saturated heterocycles. The number of ether oxygens (including phenoxy) is 2. The maximum absolute atomic E-state index is 12.9. The van der Waals surface area contributed by atoms with Gasteiger partial charge in [0.2, 0.25) is 0 Å². The number of nitrogens with one attached hydrogen (secondary N) is 1. The fourth-order valence-corrected chi connectivity index (χ4v) is 4.50. The number of amides is 1. The number of aromatic amines is 1. The smallest absolute Gasteiger partial charge is 0.264 e. The van der Waals surface area contributed by atoms with Crippen LogP contribution in [0.5, 0.6) is 11.5 Å². The minimum absolute atomic E-state index is 0.135. The van der Waals surface area contributed by atoms with E-state index in [9.17, 15) is 9.59 Å². The van der Waals surface area contributed by atoms with Gasteiger partial charge in [-0.25, -0.2) is 4.98 Å². The van der Waals surface area contributed by atoms with Crippen molar-refractivity contribution >= 4 is 28.1 Å². The van der Waals surface area contributed by atoms with E-state index in [0.717, 1.165) is 16.2 Å². The summed E-state index contributed by atoms with van der Waals surface area (Å²) in [5.74, 6) is 1.76. The lowest BCUT2D eigenvalue weighted by Gasteiger charge is -2.18. The van der Waals surface area contributed by atoms with Gasteiger partial charge >= 0.3 is 0 Å². The van der Waals surface area contributed by atoms with Crippen molar-refractivity contribution < 1.29 is 14.3 Å². The molecule has 5 rings (SSSR count). The third kappa shape index (κ3) is 3.77. The first kappa shape index (κ1) is 19.3. The summed E-state index contributed by atoms with van der Waals surface area (Å²) in [6.07, 6.45) is 0. The maximum Gasteiger partial charge on any atom is 0.264 e. The Hall–Kier alpha value is -3.65. The Morgan fingerprint density at radius 3 is 2.77 bits per heavy atom. The number of nitrogens with zero attached hydrogens (tertiary/aromatic N) is 2. The predicted octanol–water partition coefficient (Wildman–Crippen LogP) is 3.70. The highest BCUT2D eigenvalue weighted by Gasteiger charge is 2.18. The van der Waals surface area contributed by atoms with Crippen molar-refractivity contribution in [2.75, 3.05) is 20.3 Å². The first-order valence-corrected chi connectivity index (χ1v) is 10.6. The van der Waals surface area contributed by atoms with Crippen LogP contribution in [0, 0.1) is 0 Å². The quantitative estimate of drug-likeness (QED) is 0.531. The van der Waals surface area contributed by atoms with E-state index >= 15 is 0 Å². The van der Waals surface area contributed by atoms with Crippen molar-refractivity contribution in [3.63, 3.8) is 0 Å². The number of para-hydroxylation sites is 1. The Bertz CT molecular complexity index is 1340. The molecule has 1 N–H and O–H groups in total. The molecule has 4 aromatic rings. The summed E-state index contributed by atoms with van der Waals surface area (Å²) in [6.45, 7) is 1.28. The van der Waals surface area contributed by atoms with Gasteiger partial charge < -0.3 is 19.4 Å². The number of fused-ring (bicyclic) bond motifs is 2. The van der Waals surface area contributed by atoms with E-state index in [1.807, 2.05) is 36.4 Å². The van der Waals surface area contributed by atoms with Crippen LogP contribution in [0.4, 0.5) is 0 Å². The van der Waals surface area contributed by atoms with Crippen LogP contribution in [0.15, 0.2) is 59.4 Å². The first-order valence-electron chi connectivity index (χ1n) is 9.82. The molecular weight excluding hydrogens is 414 g/mol. The Kier molecular flexibility index (Phi) is 4.91. The molecule has 3 heterocycles. The summed E-state index contributed by atoms with van der Waals surface area (Å²) < 4.78 is 11.2. The second-order valence-electron chi connectivity index (χ2n) is 7.21. The van der Waals surface area contributed by atoms with Gasteiger partial charge in [0.05, 0.1) is 22.3 Å².